The Morgan fingerprint density at radius 3 is 2.60 bits per heavy atom. The van der Waals surface area contributed by atoms with Gasteiger partial charge >= 0.3 is 12.1 Å². The molecule has 0 atom stereocenters. The number of carboxylic acids is 1. The first-order chi connectivity index (χ1) is 16.7. The van der Waals surface area contributed by atoms with E-state index in [0.717, 1.165) is 38.2 Å². The van der Waals surface area contributed by atoms with Gasteiger partial charge in [0.1, 0.15) is 11.3 Å². The number of imidazole rings is 1. The third-order valence-electron chi connectivity index (χ3n) is 5.68. The molecule has 5 rings (SSSR count). The van der Waals surface area contributed by atoms with E-state index in [1.54, 1.807) is 29.6 Å². The van der Waals surface area contributed by atoms with Crippen LogP contribution < -0.4 is 0 Å². The molecular weight excluding hydrogens is 495 g/mol. The first-order valence-electron chi connectivity index (χ1n) is 10.5. The molecule has 0 aliphatic carbocycles. The Morgan fingerprint density at radius 1 is 1.11 bits per heavy atom. The lowest BCUT2D eigenvalue weighted by molar-refractivity contribution is -0.138. The normalized spacial score (nSPS) is 12.0. The van der Waals surface area contributed by atoms with E-state index in [-0.39, 0.29) is 6.42 Å². The molecule has 0 saturated heterocycles. The molecule has 5 nitrogen and oxygen atoms in total. The molecule has 2 aromatic carbocycles. The van der Waals surface area contributed by atoms with Crippen molar-refractivity contribution in [1.29, 1.82) is 0 Å². The lowest BCUT2D eigenvalue weighted by Gasteiger charge is -2.07. The summed E-state index contributed by atoms with van der Waals surface area (Å²) in [6.07, 6.45) is -2.68. The minimum absolute atomic E-state index is 0.00241. The zero-order chi connectivity index (χ0) is 24.7. The Bertz CT molecular complexity index is 1560. The van der Waals surface area contributed by atoms with Crippen molar-refractivity contribution in [2.75, 3.05) is 0 Å². The Labute approximate surface area is 206 Å². The summed E-state index contributed by atoms with van der Waals surface area (Å²) in [7, 11) is 1.80. The second-order valence-electron chi connectivity index (χ2n) is 7.99. The lowest BCUT2D eigenvalue weighted by atomic mass is 10.1. The standard InChI is InChI=1S/C25H18F3N3O2S2/c1-31-23(14-2-4-17(5-3-14)25(26,27)28)30-22-15(8-9-29-24(22)31)12-34-18-6-7-19-16(10-21(32)33)13-35-20(19)11-18/h2-9,11,13H,10,12H2,1H3,(H,32,33). The Kier molecular flexibility index (Phi) is 6.02. The van der Waals surface area contributed by atoms with Crippen LogP contribution in [0.15, 0.2) is 65.0 Å². The van der Waals surface area contributed by atoms with Gasteiger partial charge < -0.3 is 9.67 Å². The number of carbonyl (C=O) groups is 1. The average Bonchev–Trinajstić information content (AvgIpc) is 3.37. The van der Waals surface area contributed by atoms with Crippen molar-refractivity contribution >= 4 is 50.3 Å². The van der Waals surface area contributed by atoms with Gasteiger partial charge in [0.25, 0.3) is 0 Å². The molecule has 0 fully saturated rings. The maximum absolute atomic E-state index is 12.9. The van der Waals surface area contributed by atoms with Gasteiger partial charge in [-0.3, -0.25) is 4.79 Å². The van der Waals surface area contributed by atoms with E-state index in [1.807, 2.05) is 23.6 Å². The molecule has 35 heavy (non-hydrogen) atoms. The number of rotatable bonds is 6. The fraction of sp³-hybridized carbons (Fsp3) is 0.160. The average molecular weight is 514 g/mol. The monoisotopic (exact) mass is 513 g/mol. The molecule has 0 amide bonds. The summed E-state index contributed by atoms with van der Waals surface area (Å²) in [4.78, 5) is 21.3. The minimum atomic E-state index is -4.39. The highest BCUT2D eigenvalue weighted by molar-refractivity contribution is 7.98. The summed E-state index contributed by atoms with van der Waals surface area (Å²) < 4.78 is 41.6. The zero-order valence-electron chi connectivity index (χ0n) is 18.3. The Hall–Kier alpha value is -3.37. The number of halogens is 3. The number of carboxylic acid groups (broad SMARTS) is 1. The highest BCUT2D eigenvalue weighted by Gasteiger charge is 2.30. The van der Waals surface area contributed by atoms with Crippen LogP contribution in [0.5, 0.6) is 0 Å². The van der Waals surface area contributed by atoms with Crippen molar-refractivity contribution in [3.63, 3.8) is 0 Å². The number of fused-ring (bicyclic) bond motifs is 2. The summed E-state index contributed by atoms with van der Waals surface area (Å²) in [6.45, 7) is 0. The number of alkyl halides is 3. The third kappa shape index (κ3) is 4.63. The van der Waals surface area contributed by atoms with E-state index in [0.29, 0.717) is 28.3 Å². The predicted molar refractivity (Wildman–Crippen MR) is 132 cm³/mol. The Balaban J connectivity index is 1.41. The van der Waals surface area contributed by atoms with Crippen LogP contribution in [0.1, 0.15) is 16.7 Å². The molecule has 5 aromatic rings. The van der Waals surface area contributed by atoms with E-state index in [2.05, 4.69) is 11.1 Å². The first kappa shape index (κ1) is 23.4. The van der Waals surface area contributed by atoms with Gasteiger partial charge in [-0.2, -0.15) is 13.2 Å². The topological polar surface area (TPSA) is 68.0 Å². The fourth-order valence-corrected chi connectivity index (χ4v) is 5.92. The van der Waals surface area contributed by atoms with Crippen molar-refractivity contribution in [2.24, 2.45) is 7.05 Å². The molecule has 10 heteroatoms. The van der Waals surface area contributed by atoms with Crippen LogP contribution in [-0.4, -0.2) is 25.6 Å². The second-order valence-corrected chi connectivity index (χ2v) is 9.95. The molecule has 0 radical (unpaired) electrons. The van der Waals surface area contributed by atoms with Crippen molar-refractivity contribution in [1.82, 2.24) is 14.5 Å². The molecule has 0 bridgehead atoms. The largest absolute Gasteiger partial charge is 0.481 e. The number of pyridine rings is 1. The smallest absolute Gasteiger partial charge is 0.416 e. The number of hydrogen-bond acceptors (Lipinski definition) is 5. The van der Waals surface area contributed by atoms with Gasteiger partial charge in [-0.1, -0.05) is 18.2 Å². The number of thioether (sulfide) groups is 1. The summed E-state index contributed by atoms with van der Waals surface area (Å²) >= 11 is 3.16. The maximum atomic E-state index is 12.9. The van der Waals surface area contributed by atoms with Crippen LogP contribution >= 0.6 is 23.1 Å². The van der Waals surface area contributed by atoms with E-state index in [9.17, 15) is 18.0 Å². The SMILES string of the molecule is Cn1c(-c2ccc(C(F)(F)F)cc2)nc2c(CSc3ccc4c(CC(=O)O)csc4c3)ccnc21. The lowest BCUT2D eigenvalue weighted by Crippen LogP contribution is -2.04. The summed E-state index contributed by atoms with van der Waals surface area (Å²) in [6, 6.07) is 12.9. The fourth-order valence-electron chi connectivity index (χ4n) is 3.93. The van der Waals surface area contributed by atoms with E-state index in [4.69, 9.17) is 10.1 Å². The molecule has 3 heterocycles. The van der Waals surface area contributed by atoms with Crippen LogP contribution in [0.4, 0.5) is 13.2 Å². The van der Waals surface area contributed by atoms with Crippen molar-refractivity contribution in [2.45, 2.75) is 23.2 Å². The highest BCUT2D eigenvalue weighted by Crippen LogP contribution is 2.34. The quantitative estimate of drug-likeness (QED) is 0.253. The number of hydrogen-bond donors (Lipinski definition) is 1. The van der Waals surface area contributed by atoms with Crippen LogP contribution in [-0.2, 0) is 30.2 Å². The van der Waals surface area contributed by atoms with E-state index in [1.165, 1.54) is 23.5 Å². The molecule has 0 spiro atoms. The molecule has 0 aliphatic heterocycles. The molecule has 1 N–H and O–H groups in total. The van der Waals surface area contributed by atoms with Gasteiger partial charge in [-0.15, -0.1) is 23.1 Å². The van der Waals surface area contributed by atoms with E-state index < -0.39 is 17.7 Å². The maximum Gasteiger partial charge on any atom is 0.416 e. The van der Waals surface area contributed by atoms with Crippen molar-refractivity contribution in [3.05, 3.63) is 76.8 Å². The number of nitrogens with zero attached hydrogens (tertiary/aromatic N) is 3. The number of benzene rings is 2. The van der Waals surface area contributed by atoms with Gasteiger partial charge in [0.2, 0.25) is 0 Å². The zero-order valence-corrected chi connectivity index (χ0v) is 20.0. The van der Waals surface area contributed by atoms with Gasteiger partial charge in [-0.05, 0) is 52.2 Å². The van der Waals surface area contributed by atoms with Crippen LogP contribution in [0.3, 0.4) is 0 Å². The molecule has 0 saturated carbocycles. The molecular formula is C25H18F3N3O2S2. The van der Waals surface area contributed by atoms with Gasteiger partial charge in [0.15, 0.2) is 5.65 Å². The number of aryl methyl sites for hydroxylation is 1. The van der Waals surface area contributed by atoms with Crippen LogP contribution in [0.2, 0.25) is 0 Å². The summed E-state index contributed by atoms with van der Waals surface area (Å²) in [5.41, 5.74) is 3.02. The van der Waals surface area contributed by atoms with Crippen LogP contribution in [0.25, 0.3) is 32.6 Å². The van der Waals surface area contributed by atoms with Crippen LogP contribution in [0, 0.1) is 0 Å². The Morgan fingerprint density at radius 2 is 1.89 bits per heavy atom. The molecule has 0 unspecified atom stereocenters. The van der Waals surface area contributed by atoms with Gasteiger partial charge in [0, 0.05) is 34.2 Å². The van der Waals surface area contributed by atoms with E-state index >= 15 is 0 Å². The third-order valence-corrected chi connectivity index (χ3v) is 7.71. The molecule has 0 aliphatic rings. The summed E-state index contributed by atoms with van der Waals surface area (Å²) in [5.74, 6) is 0.321. The number of aromatic nitrogens is 3. The van der Waals surface area contributed by atoms with Crippen molar-refractivity contribution < 1.29 is 23.1 Å². The summed E-state index contributed by atoms with van der Waals surface area (Å²) in [5, 5.41) is 11.9. The highest BCUT2D eigenvalue weighted by atomic mass is 32.2. The minimum Gasteiger partial charge on any atom is -0.481 e. The van der Waals surface area contributed by atoms with Gasteiger partial charge in [-0.25, -0.2) is 9.97 Å². The molecule has 178 valence electrons. The van der Waals surface area contributed by atoms with Crippen molar-refractivity contribution in [3.8, 4) is 11.4 Å². The second kappa shape index (κ2) is 9.01. The number of thiophene rings is 1. The predicted octanol–water partition coefficient (Wildman–Crippen LogP) is 6.79. The molecule has 3 aromatic heterocycles. The first-order valence-corrected chi connectivity index (χ1v) is 12.4. The van der Waals surface area contributed by atoms with Gasteiger partial charge in [0.05, 0.1) is 12.0 Å². The number of aliphatic carboxylic acids is 1.